The van der Waals surface area contributed by atoms with Crippen LogP contribution in [0.4, 0.5) is 10.1 Å². The first-order chi connectivity index (χ1) is 15.3. The summed E-state index contributed by atoms with van der Waals surface area (Å²) in [5.74, 6) is -3.12. The standard InChI is InChI=1S/C22H21FN2O7/c1-31-11-3-10-24-19(13-4-7-15(8-5-13)25(29)30)18(21(27)22(24)28)20(26)14-6-9-17(32-2)16(23)12-14/h4-9,12,19,26H,3,10-11H2,1-2H3. The topological polar surface area (TPSA) is 119 Å². The van der Waals surface area contributed by atoms with Crippen molar-refractivity contribution < 1.29 is 33.5 Å². The number of non-ortho nitro benzene ring substituents is 1. The van der Waals surface area contributed by atoms with Crippen LogP contribution in [0.15, 0.2) is 48.0 Å². The number of nitrogens with zero attached hydrogens (tertiary/aromatic N) is 2. The predicted molar refractivity (Wildman–Crippen MR) is 112 cm³/mol. The molecule has 10 heteroatoms. The maximum Gasteiger partial charge on any atom is 0.295 e. The van der Waals surface area contributed by atoms with Gasteiger partial charge in [0.1, 0.15) is 5.76 Å². The molecule has 0 saturated carbocycles. The molecule has 0 aromatic heterocycles. The normalized spacial score (nSPS) is 17.6. The molecule has 1 unspecified atom stereocenters. The van der Waals surface area contributed by atoms with Crippen molar-refractivity contribution >= 4 is 23.1 Å². The highest BCUT2D eigenvalue weighted by Crippen LogP contribution is 2.40. The molecule has 0 aliphatic carbocycles. The van der Waals surface area contributed by atoms with Gasteiger partial charge in [-0.15, -0.1) is 0 Å². The summed E-state index contributed by atoms with van der Waals surface area (Å²) in [6, 6.07) is 7.98. The molecule has 0 bridgehead atoms. The number of amides is 1. The molecule has 1 saturated heterocycles. The number of halogens is 1. The van der Waals surface area contributed by atoms with Gasteiger partial charge in [-0.3, -0.25) is 19.7 Å². The number of Topliss-reactive ketones (excluding diaryl/α,β-unsaturated/α-hetero) is 1. The monoisotopic (exact) mass is 444 g/mol. The Hall–Kier alpha value is -3.79. The van der Waals surface area contributed by atoms with Crippen LogP contribution in [0.25, 0.3) is 5.76 Å². The van der Waals surface area contributed by atoms with E-state index in [1.807, 2.05) is 0 Å². The lowest BCUT2D eigenvalue weighted by Crippen LogP contribution is -2.31. The van der Waals surface area contributed by atoms with Crippen LogP contribution >= 0.6 is 0 Å². The van der Waals surface area contributed by atoms with Gasteiger partial charge in [0.25, 0.3) is 17.4 Å². The summed E-state index contributed by atoms with van der Waals surface area (Å²) in [7, 11) is 2.79. The number of ketones is 1. The highest BCUT2D eigenvalue weighted by atomic mass is 19.1. The number of nitro groups is 1. The third-order valence-electron chi connectivity index (χ3n) is 5.13. The van der Waals surface area contributed by atoms with Crippen LogP contribution in [-0.4, -0.2) is 54.0 Å². The summed E-state index contributed by atoms with van der Waals surface area (Å²) >= 11 is 0. The van der Waals surface area contributed by atoms with E-state index in [0.29, 0.717) is 18.6 Å². The van der Waals surface area contributed by atoms with Crippen LogP contribution in [0.2, 0.25) is 0 Å². The van der Waals surface area contributed by atoms with Crippen molar-refractivity contribution in [3.63, 3.8) is 0 Å². The number of aliphatic hydroxyl groups is 1. The number of hydrogen-bond acceptors (Lipinski definition) is 7. The number of hydrogen-bond donors (Lipinski definition) is 1. The van der Waals surface area contributed by atoms with E-state index < -0.39 is 34.2 Å². The van der Waals surface area contributed by atoms with Gasteiger partial charge in [-0.1, -0.05) is 0 Å². The fraction of sp³-hybridized carbons (Fsp3) is 0.273. The number of rotatable bonds is 8. The van der Waals surface area contributed by atoms with Crippen LogP contribution < -0.4 is 4.74 Å². The van der Waals surface area contributed by atoms with E-state index in [1.165, 1.54) is 55.5 Å². The first-order valence-electron chi connectivity index (χ1n) is 9.65. The summed E-state index contributed by atoms with van der Waals surface area (Å²) < 4.78 is 24.1. The first kappa shape index (κ1) is 22.9. The number of benzene rings is 2. The second kappa shape index (κ2) is 9.56. The van der Waals surface area contributed by atoms with Crippen molar-refractivity contribution in [2.75, 3.05) is 27.4 Å². The summed E-state index contributed by atoms with van der Waals surface area (Å²) in [6.07, 6.45) is 0.421. The Morgan fingerprint density at radius 3 is 2.44 bits per heavy atom. The van der Waals surface area contributed by atoms with Crippen LogP contribution in [-0.2, 0) is 14.3 Å². The molecule has 1 amide bonds. The molecule has 2 aromatic carbocycles. The van der Waals surface area contributed by atoms with E-state index in [-0.39, 0.29) is 29.1 Å². The Labute approximate surface area is 182 Å². The lowest BCUT2D eigenvalue weighted by Gasteiger charge is -2.25. The minimum Gasteiger partial charge on any atom is -0.507 e. The highest BCUT2D eigenvalue weighted by molar-refractivity contribution is 6.46. The van der Waals surface area contributed by atoms with Gasteiger partial charge in [-0.2, -0.15) is 0 Å². The summed E-state index contributed by atoms with van der Waals surface area (Å²) in [5, 5.41) is 21.9. The van der Waals surface area contributed by atoms with E-state index >= 15 is 0 Å². The minimum atomic E-state index is -1.00. The number of carbonyl (C=O) groups is 2. The number of carbonyl (C=O) groups excluding carboxylic acids is 2. The van der Waals surface area contributed by atoms with Crippen molar-refractivity contribution in [3.8, 4) is 5.75 Å². The van der Waals surface area contributed by atoms with Gasteiger partial charge in [-0.05, 0) is 42.3 Å². The summed E-state index contributed by atoms with van der Waals surface area (Å²) in [6.45, 7) is 0.480. The third kappa shape index (κ3) is 4.30. The average Bonchev–Trinajstić information content (AvgIpc) is 3.03. The molecular formula is C22H21FN2O7. The van der Waals surface area contributed by atoms with Gasteiger partial charge in [0.05, 0.1) is 23.6 Å². The van der Waals surface area contributed by atoms with Gasteiger partial charge >= 0.3 is 0 Å². The number of aliphatic hydroxyl groups excluding tert-OH is 1. The quantitative estimate of drug-likeness (QED) is 0.166. The largest absolute Gasteiger partial charge is 0.507 e. The number of ether oxygens (including phenoxy) is 2. The zero-order valence-corrected chi connectivity index (χ0v) is 17.4. The summed E-state index contributed by atoms with van der Waals surface area (Å²) in [4.78, 5) is 37.3. The zero-order chi connectivity index (χ0) is 23.4. The van der Waals surface area contributed by atoms with Gasteiger partial charge in [0, 0.05) is 38.0 Å². The van der Waals surface area contributed by atoms with E-state index in [0.717, 1.165) is 6.07 Å². The molecule has 1 heterocycles. The van der Waals surface area contributed by atoms with E-state index in [1.54, 1.807) is 0 Å². The Kier molecular flexibility index (Phi) is 6.84. The fourth-order valence-electron chi connectivity index (χ4n) is 3.58. The molecule has 3 rings (SSSR count). The molecule has 1 fully saturated rings. The molecule has 1 aliphatic heterocycles. The first-order valence-corrected chi connectivity index (χ1v) is 9.65. The van der Waals surface area contributed by atoms with Crippen LogP contribution in [0, 0.1) is 15.9 Å². The zero-order valence-electron chi connectivity index (χ0n) is 17.4. The van der Waals surface area contributed by atoms with E-state index in [2.05, 4.69) is 0 Å². The Balaban J connectivity index is 2.13. The molecular weight excluding hydrogens is 423 g/mol. The predicted octanol–water partition coefficient (Wildman–Crippen LogP) is 3.20. The van der Waals surface area contributed by atoms with E-state index in [4.69, 9.17) is 9.47 Å². The van der Waals surface area contributed by atoms with Crippen molar-refractivity contribution in [1.82, 2.24) is 4.90 Å². The Morgan fingerprint density at radius 1 is 1.19 bits per heavy atom. The van der Waals surface area contributed by atoms with Crippen LogP contribution in [0.3, 0.4) is 0 Å². The van der Waals surface area contributed by atoms with Crippen molar-refractivity contribution in [3.05, 3.63) is 75.1 Å². The van der Waals surface area contributed by atoms with Crippen molar-refractivity contribution in [2.24, 2.45) is 0 Å². The molecule has 1 aliphatic rings. The van der Waals surface area contributed by atoms with Crippen LogP contribution in [0.1, 0.15) is 23.6 Å². The van der Waals surface area contributed by atoms with Crippen molar-refractivity contribution in [1.29, 1.82) is 0 Å². The number of nitro benzene ring substituents is 1. The second-order valence-electron chi connectivity index (χ2n) is 7.04. The molecule has 9 nitrogen and oxygen atoms in total. The highest BCUT2D eigenvalue weighted by Gasteiger charge is 2.45. The maximum atomic E-state index is 14.2. The second-order valence-corrected chi connectivity index (χ2v) is 7.04. The molecule has 0 radical (unpaired) electrons. The van der Waals surface area contributed by atoms with Gasteiger partial charge in [0.2, 0.25) is 0 Å². The van der Waals surface area contributed by atoms with Gasteiger partial charge in [-0.25, -0.2) is 4.39 Å². The third-order valence-corrected chi connectivity index (χ3v) is 5.13. The number of methoxy groups -OCH3 is 2. The SMILES string of the molecule is COCCCN1C(=O)C(=O)C(=C(O)c2ccc(OC)c(F)c2)C1c1ccc([N+](=O)[O-])cc1. The summed E-state index contributed by atoms with van der Waals surface area (Å²) in [5.41, 5.74) is -0.0130. The van der Waals surface area contributed by atoms with E-state index in [9.17, 15) is 29.2 Å². The average molecular weight is 444 g/mol. The molecule has 0 spiro atoms. The fourth-order valence-corrected chi connectivity index (χ4v) is 3.58. The minimum absolute atomic E-state index is 0.00916. The molecule has 1 atom stereocenters. The number of likely N-dealkylation sites (tertiary alicyclic amines) is 1. The molecule has 32 heavy (non-hydrogen) atoms. The molecule has 168 valence electrons. The van der Waals surface area contributed by atoms with Gasteiger partial charge in [0.15, 0.2) is 11.6 Å². The van der Waals surface area contributed by atoms with Crippen molar-refractivity contribution in [2.45, 2.75) is 12.5 Å². The van der Waals surface area contributed by atoms with Gasteiger partial charge < -0.3 is 19.5 Å². The maximum absolute atomic E-state index is 14.2. The molecule has 1 N–H and O–H groups in total. The lowest BCUT2D eigenvalue weighted by atomic mass is 9.95. The molecule has 2 aromatic rings. The van der Waals surface area contributed by atoms with Crippen LogP contribution in [0.5, 0.6) is 5.75 Å². The smallest absolute Gasteiger partial charge is 0.295 e. The lowest BCUT2D eigenvalue weighted by molar-refractivity contribution is -0.384. The Morgan fingerprint density at radius 2 is 1.88 bits per heavy atom. The Bertz CT molecular complexity index is 1080.